The van der Waals surface area contributed by atoms with E-state index in [9.17, 15) is 9.59 Å². The van der Waals surface area contributed by atoms with Crippen molar-refractivity contribution in [3.8, 4) is 11.5 Å². The minimum absolute atomic E-state index is 0.153. The molecule has 1 aromatic heterocycles. The molecule has 6 nitrogen and oxygen atoms in total. The molecule has 0 aliphatic carbocycles. The van der Waals surface area contributed by atoms with Crippen LogP contribution in [0.2, 0.25) is 5.02 Å². The van der Waals surface area contributed by atoms with E-state index in [1.807, 2.05) is 18.4 Å². The van der Waals surface area contributed by atoms with E-state index in [1.165, 1.54) is 18.4 Å². The van der Waals surface area contributed by atoms with E-state index in [-0.39, 0.29) is 18.4 Å². The van der Waals surface area contributed by atoms with Crippen LogP contribution in [0.3, 0.4) is 0 Å². The van der Waals surface area contributed by atoms with Crippen LogP contribution in [0.1, 0.15) is 15.2 Å². The van der Waals surface area contributed by atoms with Gasteiger partial charge in [-0.05, 0) is 54.3 Å². The Labute approximate surface area is 177 Å². The molecule has 0 atom stereocenters. The molecule has 0 aliphatic rings. The van der Waals surface area contributed by atoms with Crippen LogP contribution < -0.4 is 20.1 Å². The summed E-state index contributed by atoms with van der Waals surface area (Å²) in [5.74, 6) is 0.449. The summed E-state index contributed by atoms with van der Waals surface area (Å²) in [6, 6.07) is 13.7. The zero-order chi connectivity index (χ0) is 20.8. The van der Waals surface area contributed by atoms with Gasteiger partial charge in [-0.15, -0.1) is 11.3 Å². The van der Waals surface area contributed by atoms with Gasteiger partial charge < -0.3 is 20.1 Å². The Morgan fingerprint density at radius 3 is 2.62 bits per heavy atom. The molecule has 3 rings (SSSR count). The second-order valence-electron chi connectivity index (χ2n) is 6.09. The lowest BCUT2D eigenvalue weighted by molar-refractivity contribution is -0.118. The van der Waals surface area contributed by atoms with E-state index in [2.05, 4.69) is 10.6 Å². The monoisotopic (exact) mass is 430 g/mol. The molecule has 0 radical (unpaired) electrons. The topological polar surface area (TPSA) is 76.7 Å². The third-order valence-electron chi connectivity index (χ3n) is 3.98. The molecule has 0 aliphatic heterocycles. The van der Waals surface area contributed by atoms with Crippen LogP contribution in [-0.4, -0.2) is 25.5 Å². The molecular weight excluding hydrogens is 412 g/mol. The molecule has 0 unspecified atom stereocenters. The van der Waals surface area contributed by atoms with Crippen molar-refractivity contribution in [3.05, 3.63) is 69.4 Å². The number of carbonyl (C=O) groups excluding carboxylic acids is 2. The lowest BCUT2D eigenvalue weighted by Gasteiger charge is -2.13. The van der Waals surface area contributed by atoms with Gasteiger partial charge >= 0.3 is 0 Å². The first-order valence-electron chi connectivity index (χ1n) is 8.68. The highest BCUT2D eigenvalue weighted by atomic mass is 35.5. The van der Waals surface area contributed by atoms with Gasteiger partial charge in [0.05, 0.1) is 17.7 Å². The fourth-order valence-corrected chi connectivity index (χ4v) is 3.25. The van der Waals surface area contributed by atoms with Crippen molar-refractivity contribution in [1.82, 2.24) is 0 Å². The first-order chi connectivity index (χ1) is 14.0. The van der Waals surface area contributed by atoms with Crippen molar-refractivity contribution in [2.75, 3.05) is 24.4 Å². The van der Waals surface area contributed by atoms with Gasteiger partial charge in [-0.3, -0.25) is 9.59 Å². The first kappa shape index (κ1) is 20.7. The zero-order valence-electron chi connectivity index (χ0n) is 15.8. The summed E-state index contributed by atoms with van der Waals surface area (Å²) in [4.78, 5) is 25.0. The average Bonchev–Trinajstić information content (AvgIpc) is 3.25. The van der Waals surface area contributed by atoms with Crippen molar-refractivity contribution >= 4 is 46.1 Å². The minimum Gasteiger partial charge on any atom is -0.494 e. The van der Waals surface area contributed by atoms with Gasteiger partial charge in [0, 0.05) is 16.8 Å². The molecule has 0 bridgehead atoms. The fourth-order valence-electron chi connectivity index (χ4n) is 2.52. The molecule has 150 valence electrons. The number of halogens is 1. The predicted molar refractivity (Wildman–Crippen MR) is 116 cm³/mol. The summed E-state index contributed by atoms with van der Waals surface area (Å²) in [7, 11) is 1.49. The Kier molecular flexibility index (Phi) is 6.74. The first-order valence-corrected chi connectivity index (χ1v) is 9.93. The number of nitrogens with one attached hydrogen (secondary N) is 2. The van der Waals surface area contributed by atoms with Gasteiger partial charge in [-0.25, -0.2) is 0 Å². The number of anilines is 2. The highest BCUT2D eigenvalue weighted by Crippen LogP contribution is 2.29. The summed E-state index contributed by atoms with van der Waals surface area (Å²) < 4.78 is 10.8. The summed E-state index contributed by atoms with van der Waals surface area (Å²) in [5.41, 5.74) is 1.91. The minimum atomic E-state index is -0.324. The number of carbonyl (C=O) groups is 2. The lowest BCUT2D eigenvalue weighted by Crippen LogP contribution is -2.20. The largest absolute Gasteiger partial charge is 0.494 e. The van der Waals surface area contributed by atoms with Crippen LogP contribution in [0.5, 0.6) is 11.5 Å². The van der Waals surface area contributed by atoms with Crippen molar-refractivity contribution in [2.24, 2.45) is 0 Å². The zero-order valence-corrected chi connectivity index (χ0v) is 17.4. The molecule has 2 aromatic carbocycles. The number of hydrogen-bond donors (Lipinski definition) is 2. The average molecular weight is 431 g/mol. The maximum Gasteiger partial charge on any atom is 0.265 e. The number of rotatable bonds is 7. The van der Waals surface area contributed by atoms with E-state index < -0.39 is 0 Å². The van der Waals surface area contributed by atoms with Gasteiger partial charge in [0.25, 0.3) is 11.8 Å². The number of ether oxygens (including phenoxy) is 2. The fraction of sp³-hybridized carbons (Fsp3) is 0.143. The molecule has 0 fully saturated rings. The second kappa shape index (κ2) is 9.45. The Bertz CT molecular complexity index is 1020. The van der Waals surface area contributed by atoms with Crippen LogP contribution in [0.25, 0.3) is 0 Å². The number of thiophene rings is 1. The summed E-state index contributed by atoms with van der Waals surface area (Å²) in [5, 5.41) is 8.01. The molecule has 2 N–H and O–H groups in total. The number of hydrogen-bond acceptors (Lipinski definition) is 5. The van der Waals surface area contributed by atoms with Gasteiger partial charge in [0.2, 0.25) is 0 Å². The van der Waals surface area contributed by atoms with E-state index in [4.69, 9.17) is 21.1 Å². The number of methoxy groups -OCH3 is 1. The smallest absolute Gasteiger partial charge is 0.265 e. The summed E-state index contributed by atoms with van der Waals surface area (Å²) >= 11 is 7.33. The number of benzene rings is 2. The van der Waals surface area contributed by atoms with E-state index in [0.29, 0.717) is 32.8 Å². The highest BCUT2D eigenvalue weighted by Gasteiger charge is 2.12. The van der Waals surface area contributed by atoms with Crippen molar-refractivity contribution in [1.29, 1.82) is 0 Å². The Hall–Kier alpha value is -3.03. The molecule has 0 saturated heterocycles. The Morgan fingerprint density at radius 2 is 1.93 bits per heavy atom. The van der Waals surface area contributed by atoms with E-state index in [1.54, 1.807) is 42.5 Å². The SMILES string of the molecule is COc1cc(NC(=O)COc2ccc(Cl)c(C)c2)ccc1NC(=O)c1cccs1. The maximum absolute atomic E-state index is 12.2. The standard InChI is InChI=1S/C21H19ClN2O4S/c1-13-10-15(6-7-16(13)22)28-12-20(25)23-14-5-8-17(18(11-14)27-2)24-21(26)19-4-3-9-29-19/h3-11H,12H2,1-2H3,(H,23,25)(H,24,26). The van der Waals surface area contributed by atoms with Crippen LogP contribution in [0.15, 0.2) is 53.9 Å². The number of aryl methyl sites for hydroxylation is 1. The van der Waals surface area contributed by atoms with E-state index in [0.717, 1.165) is 5.56 Å². The lowest BCUT2D eigenvalue weighted by atomic mass is 10.2. The molecule has 0 saturated carbocycles. The van der Waals surface area contributed by atoms with Gasteiger partial charge in [-0.2, -0.15) is 0 Å². The summed E-state index contributed by atoms with van der Waals surface area (Å²) in [6.07, 6.45) is 0. The van der Waals surface area contributed by atoms with Crippen LogP contribution >= 0.6 is 22.9 Å². The van der Waals surface area contributed by atoms with Crippen LogP contribution in [0, 0.1) is 6.92 Å². The molecule has 8 heteroatoms. The molecular formula is C21H19ClN2O4S. The van der Waals surface area contributed by atoms with Gasteiger partial charge in [0.1, 0.15) is 11.5 Å². The van der Waals surface area contributed by atoms with Crippen molar-refractivity contribution in [2.45, 2.75) is 6.92 Å². The quantitative estimate of drug-likeness (QED) is 0.553. The highest BCUT2D eigenvalue weighted by molar-refractivity contribution is 7.12. The molecule has 0 spiro atoms. The van der Waals surface area contributed by atoms with Crippen LogP contribution in [-0.2, 0) is 4.79 Å². The van der Waals surface area contributed by atoms with Crippen LogP contribution in [0.4, 0.5) is 11.4 Å². The predicted octanol–water partition coefficient (Wildman–Crippen LogP) is 4.99. The van der Waals surface area contributed by atoms with E-state index >= 15 is 0 Å². The Balaban J connectivity index is 1.61. The third kappa shape index (κ3) is 5.49. The normalized spacial score (nSPS) is 10.3. The van der Waals surface area contributed by atoms with Gasteiger partial charge in [0.15, 0.2) is 6.61 Å². The molecule has 1 heterocycles. The maximum atomic E-state index is 12.2. The van der Waals surface area contributed by atoms with Crippen molar-refractivity contribution < 1.29 is 19.1 Å². The number of amides is 2. The second-order valence-corrected chi connectivity index (χ2v) is 7.45. The summed E-state index contributed by atoms with van der Waals surface area (Å²) in [6.45, 7) is 1.71. The molecule has 3 aromatic rings. The molecule has 29 heavy (non-hydrogen) atoms. The third-order valence-corrected chi connectivity index (χ3v) is 5.27. The molecule has 2 amide bonds. The van der Waals surface area contributed by atoms with Crippen molar-refractivity contribution in [3.63, 3.8) is 0 Å². The van der Waals surface area contributed by atoms with Gasteiger partial charge in [-0.1, -0.05) is 17.7 Å². The Morgan fingerprint density at radius 1 is 1.10 bits per heavy atom.